The summed E-state index contributed by atoms with van der Waals surface area (Å²) in [5, 5.41) is 6.25. The topological polar surface area (TPSA) is 21.3 Å². The zero-order valence-electron chi connectivity index (χ0n) is 10.7. The summed E-state index contributed by atoms with van der Waals surface area (Å²) in [5.74, 6) is 0.804. The number of thiophene rings is 1. The Kier molecular flexibility index (Phi) is 5.28. The molecule has 0 amide bonds. The van der Waals surface area contributed by atoms with E-state index in [0.717, 1.165) is 22.3 Å². The molecule has 0 bridgehead atoms. The van der Waals surface area contributed by atoms with E-state index in [1.807, 2.05) is 18.2 Å². The summed E-state index contributed by atoms with van der Waals surface area (Å²) < 4.78 is 6.57. The van der Waals surface area contributed by atoms with Crippen LogP contribution in [-0.4, -0.2) is 13.7 Å². The van der Waals surface area contributed by atoms with E-state index in [2.05, 4.69) is 39.6 Å². The lowest BCUT2D eigenvalue weighted by Gasteiger charge is -2.20. The molecule has 0 fully saturated rings. The molecule has 1 unspecified atom stereocenters. The molecule has 2 nitrogen and oxygen atoms in total. The van der Waals surface area contributed by atoms with E-state index in [9.17, 15) is 0 Å². The molecule has 1 aromatic carbocycles. The Balaban J connectivity index is 2.48. The van der Waals surface area contributed by atoms with Crippen molar-refractivity contribution in [2.75, 3.05) is 13.7 Å². The molecule has 2 aromatic rings. The van der Waals surface area contributed by atoms with Crippen LogP contribution in [0.4, 0.5) is 0 Å². The molecule has 0 saturated carbocycles. The maximum Gasteiger partial charge on any atom is 0.125 e. The summed E-state index contributed by atoms with van der Waals surface area (Å²) in [4.78, 5) is 1.24. The van der Waals surface area contributed by atoms with Crippen LogP contribution in [0.15, 0.2) is 34.1 Å². The van der Waals surface area contributed by atoms with Crippen molar-refractivity contribution < 1.29 is 4.74 Å². The van der Waals surface area contributed by atoms with Gasteiger partial charge in [-0.3, -0.25) is 0 Å². The first-order chi connectivity index (χ1) is 9.17. The van der Waals surface area contributed by atoms with Gasteiger partial charge in [0.2, 0.25) is 0 Å². The van der Waals surface area contributed by atoms with Crippen LogP contribution in [0.2, 0.25) is 5.02 Å². The van der Waals surface area contributed by atoms with Crippen molar-refractivity contribution in [2.24, 2.45) is 0 Å². The molecular formula is C14H15BrClNOS. The second-order valence-corrected chi connectivity index (χ2v) is 6.25. The number of rotatable bonds is 5. The number of nitrogens with one attached hydrogen (secondary N) is 1. The number of hydrogen-bond acceptors (Lipinski definition) is 3. The fraction of sp³-hybridized carbons (Fsp3) is 0.286. The monoisotopic (exact) mass is 359 g/mol. The predicted molar refractivity (Wildman–Crippen MR) is 85.5 cm³/mol. The maximum atomic E-state index is 6.03. The third kappa shape index (κ3) is 3.31. The molecule has 1 N–H and O–H groups in total. The van der Waals surface area contributed by atoms with Crippen molar-refractivity contribution in [3.63, 3.8) is 0 Å². The van der Waals surface area contributed by atoms with E-state index in [4.69, 9.17) is 16.3 Å². The fourth-order valence-electron chi connectivity index (χ4n) is 1.98. The highest BCUT2D eigenvalue weighted by Crippen LogP contribution is 2.37. The molecule has 102 valence electrons. The number of methoxy groups -OCH3 is 1. The quantitative estimate of drug-likeness (QED) is 0.821. The van der Waals surface area contributed by atoms with Crippen molar-refractivity contribution in [3.05, 3.63) is 49.6 Å². The van der Waals surface area contributed by atoms with Gasteiger partial charge >= 0.3 is 0 Å². The first kappa shape index (κ1) is 14.9. The average Bonchev–Trinajstić information content (AvgIpc) is 2.82. The Morgan fingerprint density at radius 3 is 2.79 bits per heavy atom. The van der Waals surface area contributed by atoms with E-state index in [-0.39, 0.29) is 6.04 Å². The molecule has 0 aliphatic rings. The summed E-state index contributed by atoms with van der Waals surface area (Å²) in [6.07, 6.45) is 0. The van der Waals surface area contributed by atoms with Gasteiger partial charge in [0, 0.05) is 19.9 Å². The number of benzene rings is 1. The fourth-order valence-corrected chi connectivity index (χ4v) is 3.84. The lowest BCUT2D eigenvalue weighted by molar-refractivity contribution is 0.404. The zero-order chi connectivity index (χ0) is 13.8. The molecule has 2 rings (SSSR count). The minimum atomic E-state index is 0.103. The van der Waals surface area contributed by atoms with Gasteiger partial charge in [-0.05, 0) is 46.1 Å². The highest BCUT2D eigenvalue weighted by Gasteiger charge is 2.20. The van der Waals surface area contributed by atoms with E-state index in [1.54, 1.807) is 18.4 Å². The number of ether oxygens (including phenoxy) is 1. The minimum Gasteiger partial charge on any atom is -0.496 e. The lowest BCUT2D eigenvalue weighted by atomic mass is 10.0. The third-order valence-corrected chi connectivity index (χ3v) is 4.99. The number of hydrogen-bond donors (Lipinski definition) is 1. The van der Waals surface area contributed by atoms with Gasteiger partial charge in [0.05, 0.1) is 13.2 Å². The van der Waals surface area contributed by atoms with Crippen LogP contribution < -0.4 is 10.1 Å². The third-order valence-electron chi connectivity index (χ3n) is 2.82. The molecule has 0 aliphatic heterocycles. The van der Waals surface area contributed by atoms with E-state index in [0.29, 0.717) is 5.02 Å². The van der Waals surface area contributed by atoms with Gasteiger partial charge < -0.3 is 10.1 Å². The minimum absolute atomic E-state index is 0.103. The van der Waals surface area contributed by atoms with E-state index < -0.39 is 0 Å². The van der Waals surface area contributed by atoms with Crippen LogP contribution in [0.1, 0.15) is 23.4 Å². The largest absolute Gasteiger partial charge is 0.496 e. The second-order valence-electron chi connectivity index (χ2n) is 4.01. The van der Waals surface area contributed by atoms with Crippen molar-refractivity contribution in [1.82, 2.24) is 5.32 Å². The van der Waals surface area contributed by atoms with Gasteiger partial charge in [-0.2, -0.15) is 0 Å². The van der Waals surface area contributed by atoms with Gasteiger partial charge in [-0.15, -0.1) is 11.3 Å². The molecule has 1 heterocycles. The van der Waals surface area contributed by atoms with Crippen LogP contribution in [0, 0.1) is 0 Å². The van der Waals surface area contributed by atoms with Crippen molar-refractivity contribution in [2.45, 2.75) is 13.0 Å². The first-order valence-corrected chi connectivity index (χ1v) is 8.02. The lowest BCUT2D eigenvalue weighted by Crippen LogP contribution is -2.22. The standard InChI is InChI=1S/C14H15BrClNOS/c1-3-17-13(14-11(15)6-7-19-14)10-5-4-9(16)8-12(10)18-2/h4-8,13,17H,3H2,1-2H3. The summed E-state index contributed by atoms with van der Waals surface area (Å²) in [7, 11) is 1.67. The van der Waals surface area contributed by atoms with Gasteiger partial charge in [0.1, 0.15) is 5.75 Å². The van der Waals surface area contributed by atoms with Gasteiger partial charge in [-0.1, -0.05) is 24.6 Å². The van der Waals surface area contributed by atoms with Crippen LogP contribution in [-0.2, 0) is 0 Å². The molecule has 0 aliphatic carbocycles. The Morgan fingerprint density at radius 1 is 1.42 bits per heavy atom. The summed E-state index contributed by atoms with van der Waals surface area (Å²) >= 11 is 11.3. The van der Waals surface area contributed by atoms with Gasteiger partial charge in [0.15, 0.2) is 0 Å². The van der Waals surface area contributed by atoms with Gasteiger partial charge in [0.25, 0.3) is 0 Å². The predicted octanol–water partition coefficient (Wildman–Crippen LogP) is 4.87. The zero-order valence-corrected chi connectivity index (χ0v) is 13.9. The molecule has 1 aromatic heterocycles. The Hall–Kier alpha value is -0.550. The Labute approximate surface area is 130 Å². The van der Waals surface area contributed by atoms with Gasteiger partial charge in [-0.25, -0.2) is 0 Å². The van der Waals surface area contributed by atoms with Crippen LogP contribution >= 0.6 is 38.9 Å². The summed E-state index contributed by atoms with van der Waals surface area (Å²) in [5.41, 5.74) is 1.09. The molecular weight excluding hydrogens is 346 g/mol. The summed E-state index contributed by atoms with van der Waals surface area (Å²) in [6, 6.07) is 7.92. The smallest absolute Gasteiger partial charge is 0.125 e. The highest BCUT2D eigenvalue weighted by molar-refractivity contribution is 9.10. The first-order valence-electron chi connectivity index (χ1n) is 5.97. The Morgan fingerprint density at radius 2 is 2.21 bits per heavy atom. The van der Waals surface area contributed by atoms with Crippen LogP contribution in [0.5, 0.6) is 5.75 Å². The van der Waals surface area contributed by atoms with Crippen molar-refractivity contribution >= 4 is 38.9 Å². The van der Waals surface area contributed by atoms with E-state index >= 15 is 0 Å². The van der Waals surface area contributed by atoms with Crippen molar-refractivity contribution in [1.29, 1.82) is 0 Å². The highest BCUT2D eigenvalue weighted by atomic mass is 79.9. The molecule has 1 atom stereocenters. The molecule has 0 radical (unpaired) electrons. The number of halogens is 2. The molecule has 19 heavy (non-hydrogen) atoms. The molecule has 5 heteroatoms. The maximum absolute atomic E-state index is 6.03. The second kappa shape index (κ2) is 6.75. The van der Waals surface area contributed by atoms with Crippen LogP contribution in [0.3, 0.4) is 0 Å². The molecule has 0 saturated heterocycles. The average molecular weight is 361 g/mol. The SMILES string of the molecule is CCNC(c1ccc(Cl)cc1OC)c1sccc1Br. The van der Waals surface area contributed by atoms with Crippen molar-refractivity contribution in [3.8, 4) is 5.75 Å². The Bertz CT molecular complexity index is 558. The summed E-state index contributed by atoms with van der Waals surface area (Å²) in [6.45, 7) is 2.97. The molecule has 0 spiro atoms. The van der Waals surface area contributed by atoms with Crippen LogP contribution in [0.25, 0.3) is 0 Å². The normalized spacial score (nSPS) is 12.4. The van der Waals surface area contributed by atoms with E-state index in [1.165, 1.54) is 4.88 Å².